The zero-order valence-electron chi connectivity index (χ0n) is 13.6. The average molecular weight is 381 g/mol. The molecule has 0 unspecified atom stereocenters. The largest absolute Gasteiger partial charge is 0.346 e. The Morgan fingerprint density at radius 3 is 2.43 bits per heavy atom. The Morgan fingerprint density at radius 2 is 1.87 bits per heavy atom. The minimum absolute atomic E-state index is 0.0220. The van der Waals surface area contributed by atoms with Crippen LogP contribution in [0.3, 0.4) is 0 Å². The number of amides is 1. The number of carbonyl (C=O) groups is 1. The van der Waals surface area contributed by atoms with Gasteiger partial charge in [-0.2, -0.15) is 0 Å². The van der Waals surface area contributed by atoms with Gasteiger partial charge in [-0.15, -0.1) is 0 Å². The van der Waals surface area contributed by atoms with Crippen molar-refractivity contribution in [2.45, 2.75) is 26.2 Å². The van der Waals surface area contributed by atoms with E-state index in [1.54, 1.807) is 30.1 Å². The van der Waals surface area contributed by atoms with Crippen LogP contribution >= 0.6 is 23.2 Å². The van der Waals surface area contributed by atoms with Gasteiger partial charge in [0.15, 0.2) is 0 Å². The number of halogens is 2. The first kappa shape index (κ1) is 20.1. The van der Waals surface area contributed by atoms with E-state index in [0.717, 1.165) is 23.4 Å². The molecule has 0 radical (unpaired) electrons. The molecule has 1 amide bonds. The maximum atomic E-state index is 12.1. The van der Waals surface area contributed by atoms with Crippen molar-refractivity contribution in [1.82, 2.24) is 4.90 Å². The van der Waals surface area contributed by atoms with Crippen molar-refractivity contribution in [1.29, 1.82) is 0 Å². The lowest BCUT2D eigenvalue weighted by molar-refractivity contribution is -0.129. The van der Waals surface area contributed by atoms with Crippen LogP contribution < -0.4 is 4.31 Å². The van der Waals surface area contributed by atoms with E-state index in [0.29, 0.717) is 6.54 Å². The Labute approximate surface area is 148 Å². The molecule has 23 heavy (non-hydrogen) atoms. The summed E-state index contributed by atoms with van der Waals surface area (Å²) in [5, 5.41) is 0.426. The molecule has 0 fully saturated rings. The van der Waals surface area contributed by atoms with Gasteiger partial charge in [0.05, 0.1) is 22.0 Å². The van der Waals surface area contributed by atoms with E-state index in [4.69, 9.17) is 23.2 Å². The summed E-state index contributed by atoms with van der Waals surface area (Å²) in [6.45, 7) is 2.73. The van der Waals surface area contributed by atoms with Gasteiger partial charge in [0, 0.05) is 26.6 Å². The second-order valence-electron chi connectivity index (χ2n) is 5.33. The van der Waals surface area contributed by atoms with Crippen molar-refractivity contribution >= 4 is 44.8 Å². The Hall–Kier alpha value is -0.980. The van der Waals surface area contributed by atoms with Crippen molar-refractivity contribution in [3.8, 4) is 0 Å². The van der Waals surface area contributed by atoms with Crippen LogP contribution in [0.4, 0.5) is 5.69 Å². The summed E-state index contributed by atoms with van der Waals surface area (Å²) in [4.78, 5) is 13.7. The van der Waals surface area contributed by atoms with Gasteiger partial charge in [-0.3, -0.25) is 9.10 Å². The predicted octanol–water partition coefficient (Wildman–Crippen LogP) is 3.41. The average Bonchev–Trinajstić information content (AvgIpc) is 2.47. The molecule has 0 saturated carbocycles. The van der Waals surface area contributed by atoms with Gasteiger partial charge in [0.25, 0.3) is 0 Å². The number of unbranched alkanes of at least 4 members (excludes halogenated alkanes) is 1. The quantitative estimate of drug-likeness (QED) is 0.694. The lowest BCUT2D eigenvalue weighted by Crippen LogP contribution is -2.35. The number of hydrogen-bond acceptors (Lipinski definition) is 3. The zero-order valence-corrected chi connectivity index (χ0v) is 15.9. The standard InChI is InChI=1S/C15H22Cl2N2O3S/c1-4-5-10-18(2)14(20)9-11-19(23(3,21)22)13-8-6-7-12(16)15(13)17/h6-8H,4-5,9-11H2,1-3H3. The van der Waals surface area contributed by atoms with Gasteiger partial charge in [-0.1, -0.05) is 42.6 Å². The molecule has 8 heteroatoms. The van der Waals surface area contributed by atoms with Crippen LogP contribution in [-0.2, 0) is 14.8 Å². The number of sulfonamides is 1. The fourth-order valence-corrected chi connectivity index (χ4v) is 3.44. The number of benzene rings is 1. The maximum Gasteiger partial charge on any atom is 0.232 e. The highest BCUT2D eigenvalue weighted by Crippen LogP contribution is 2.33. The summed E-state index contributed by atoms with van der Waals surface area (Å²) in [7, 11) is -1.86. The molecular weight excluding hydrogens is 359 g/mol. The fourth-order valence-electron chi connectivity index (χ4n) is 2.06. The molecule has 1 aromatic carbocycles. The molecule has 1 aromatic rings. The van der Waals surface area contributed by atoms with Crippen LogP contribution in [0.2, 0.25) is 10.0 Å². The second-order valence-corrected chi connectivity index (χ2v) is 8.02. The maximum absolute atomic E-state index is 12.1. The van der Waals surface area contributed by atoms with E-state index in [1.807, 2.05) is 6.92 Å². The van der Waals surface area contributed by atoms with Crippen molar-refractivity contribution < 1.29 is 13.2 Å². The van der Waals surface area contributed by atoms with Gasteiger partial charge in [0.2, 0.25) is 15.9 Å². The number of hydrogen-bond donors (Lipinski definition) is 0. The topological polar surface area (TPSA) is 57.7 Å². The molecule has 0 atom stereocenters. The first-order valence-corrected chi connectivity index (χ1v) is 9.94. The van der Waals surface area contributed by atoms with Crippen LogP contribution in [0.1, 0.15) is 26.2 Å². The van der Waals surface area contributed by atoms with E-state index < -0.39 is 10.0 Å². The molecule has 0 bridgehead atoms. The van der Waals surface area contributed by atoms with Gasteiger partial charge < -0.3 is 4.90 Å². The fraction of sp³-hybridized carbons (Fsp3) is 0.533. The molecule has 0 aliphatic heterocycles. The third-order valence-corrected chi connectivity index (χ3v) is 5.39. The minimum atomic E-state index is -3.58. The zero-order chi connectivity index (χ0) is 17.6. The molecule has 0 saturated heterocycles. The van der Waals surface area contributed by atoms with Crippen LogP contribution in [0, 0.1) is 0 Å². The molecule has 0 aromatic heterocycles. The third kappa shape index (κ3) is 5.86. The monoisotopic (exact) mass is 380 g/mol. The van der Waals surface area contributed by atoms with Crippen molar-refractivity contribution in [2.24, 2.45) is 0 Å². The number of carbonyl (C=O) groups excluding carboxylic acids is 1. The predicted molar refractivity (Wildman–Crippen MR) is 95.8 cm³/mol. The molecule has 0 aliphatic carbocycles. The van der Waals surface area contributed by atoms with Crippen LogP contribution in [-0.4, -0.2) is 45.6 Å². The number of rotatable bonds is 8. The number of nitrogens with zero attached hydrogens (tertiary/aromatic N) is 2. The number of anilines is 1. The van der Waals surface area contributed by atoms with Gasteiger partial charge in [0.1, 0.15) is 0 Å². The van der Waals surface area contributed by atoms with Crippen LogP contribution in [0.15, 0.2) is 18.2 Å². The lowest BCUT2D eigenvalue weighted by Gasteiger charge is -2.25. The molecule has 1 rings (SSSR count). The van der Waals surface area contributed by atoms with E-state index in [1.165, 1.54) is 0 Å². The first-order chi connectivity index (χ1) is 10.7. The highest BCUT2D eigenvalue weighted by Gasteiger charge is 2.22. The van der Waals surface area contributed by atoms with E-state index in [-0.39, 0.29) is 34.6 Å². The van der Waals surface area contributed by atoms with Crippen molar-refractivity contribution in [3.05, 3.63) is 28.2 Å². The summed E-state index contributed by atoms with van der Waals surface area (Å²) in [6.07, 6.45) is 3.06. The molecule has 0 aliphatic rings. The van der Waals surface area contributed by atoms with Crippen molar-refractivity contribution in [2.75, 3.05) is 30.7 Å². The summed E-state index contributed by atoms with van der Waals surface area (Å²) in [5.41, 5.74) is 0.283. The van der Waals surface area contributed by atoms with Gasteiger partial charge in [-0.05, 0) is 18.6 Å². The van der Waals surface area contributed by atoms with Crippen LogP contribution in [0.5, 0.6) is 0 Å². The molecule has 5 nitrogen and oxygen atoms in total. The summed E-state index contributed by atoms with van der Waals surface area (Å²) < 4.78 is 25.2. The summed E-state index contributed by atoms with van der Waals surface area (Å²) in [5.74, 6) is -0.106. The molecular formula is C15H22Cl2N2O3S. The Morgan fingerprint density at radius 1 is 1.22 bits per heavy atom. The SMILES string of the molecule is CCCCN(C)C(=O)CCN(c1cccc(Cl)c1Cl)S(C)(=O)=O. The van der Waals surface area contributed by atoms with E-state index in [2.05, 4.69) is 0 Å². The lowest BCUT2D eigenvalue weighted by atomic mass is 10.3. The van der Waals surface area contributed by atoms with Crippen LogP contribution in [0.25, 0.3) is 0 Å². The molecule has 0 heterocycles. The minimum Gasteiger partial charge on any atom is -0.346 e. The van der Waals surface area contributed by atoms with Crippen molar-refractivity contribution in [3.63, 3.8) is 0 Å². The highest BCUT2D eigenvalue weighted by molar-refractivity contribution is 7.92. The van der Waals surface area contributed by atoms with Gasteiger partial charge in [-0.25, -0.2) is 8.42 Å². The Bertz CT molecular complexity index is 650. The summed E-state index contributed by atoms with van der Waals surface area (Å²) >= 11 is 12.1. The molecule has 0 N–H and O–H groups in total. The first-order valence-electron chi connectivity index (χ1n) is 7.34. The van der Waals surface area contributed by atoms with Gasteiger partial charge >= 0.3 is 0 Å². The third-order valence-electron chi connectivity index (χ3n) is 3.40. The highest BCUT2D eigenvalue weighted by atomic mass is 35.5. The summed E-state index contributed by atoms with van der Waals surface area (Å²) in [6, 6.07) is 4.77. The molecule has 0 spiro atoms. The Balaban J connectivity index is 2.90. The van der Waals surface area contributed by atoms with E-state index >= 15 is 0 Å². The second kappa shape index (κ2) is 8.76. The molecule has 130 valence electrons. The smallest absolute Gasteiger partial charge is 0.232 e. The Kier molecular flexibility index (Phi) is 7.64. The normalized spacial score (nSPS) is 11.3. The van der Waals surface area contributed by atoms with E-state index in [9.17, 15) is 13.2 Å².